The number of esters is 1. The number of carbonyl (C=O) groups is 2. The van der Waals surface area contributed by atoms with Crippen LogP contribution in [0, 0.1) is 0 Å². The molecule has 3 rings (SSSR count). The SMILES string of the molecule is COc1ccc(C=CC(=O)Oc2ccc(C3NC(C(=O)O)CS3)cc2)cc1. The molecule has 0 saturated carbocycles. The van der Waals surface area contributed by atoms with E-state index in [2.05, 4.69) is 5.32 Å². The van der Waals surface area contributed by atoms with Gasteiger partial charge in [0, 0.05) is 11.8 Å². The lowest BCUT2D eigenvalue weighted by Gasteiger charge is -2.11. The molecule has 7 heteroatoms. The minimum atomic E-state index is -0.848. The second-order valence-corrected chi connectivity index (χ2v) is 7.01. The third-order valence-electron chi connectivity index (χ3n) is 4.01. The molecule has 140 valence electrons. The molecule has 1 heterocycles. The Kier molecular flexibility index (Phi) is 6.16. The quantitative estimate of drug-likeness (QED) is 0.449. The second-order valence-electron chi connectivity index (χ2n) is 5.87. The van der Waals surface area contributed by atoms with Gasteiger partial charge >= 0.3 is 11.9 Å². The van der Waals surface area contributed by atoms with Crippen molar-refractivity contribution in [1.82, 2.24) is 5.32 Å². The van der Waals surface area contributed by atoms with Crippen molar-refractivity contribution in [3.63, 3.8) is 0 Å². The van der Waals surface area contributed by atoms with Crippen LogP contribution in [0.15, 0.2) is 54.6 Å². The Morgan fingerprint density at radius 2 is 1.78 bits per heavy atom. The van der Waals surface area contributed by atoms with Gasteiger partial charge in [0.25, 0.3) is 0 Å². The van der Waals surface area contributed by atoms with Gasteiger partial charge in [0.05, 0.1) is 12.5 Å². The van der Waals surface area contributed by atoms with Crippen LogP contribution in [0.4, 0.5) is 0 Å². The van der Waals surface area contributed by atoms with Crippen LogP contribution in [0.3, 0.4) is 0 Å². The van der Waals surface area contributed by atoms with E-state index in [4.69, 9.17) is 14.6 Å². The molecule has 27 heavy (non-hydrogen) atoms. The van der Waals surface area contributed by atoms with Crippen molar-refractivity contribution in [3.8, 4) is 11.5 Å². The number of hydrogen-bond donors (Lipinski definition) is 2. The van der Waals surface area contributed by atoms with Crippen LogP contribution in [0.2, 0.25) is 0 Å². The van der Waals surface area contributed by atoms with Crippen molar-refractivity contribution in [1.29, 1.82) is 0 Å². The number of carbonyl (C=O) groups excluding carboxylic acids is 1. The van der Waals surface area contributed by atoms with Crippen molar-refractivity contribution in [2.75, 3.05) is 12.9 Å². The first-order valence-corrected chi connectivity index (χ1v) is 9.34. The number of carboxylic acids is 1. The summed E-state index contributed by atoms with van der Waals surface area (Å²) in [5.41, 5.74) is 1.80. The highest BCUT2D eigenvalue weighted by atomic mass is 32.2. The fourth-order valence-electron chi connectivity index (χ4n) is 2.55. The molecule has 2 N–H and O–H groups in total. The molecular formula is C20H19NO5S. The lowest BCUT2D eigenvalue weighted by atomic mass is 10.2. The second kappa shape index (κ2) is 8.75. The van der Waals surface area contributed by atoms with Gasteiger partial charge in [-0.05, 0) is 41.5 Å². The van der Waals surface area contributed by atoms with Gasteiger partial charge in [0.1, 0.15) is 17.5 Å². The van der Waals surface area contributed by atoms with E-state index >= 15 is 0 Å². The third-order valence-corrected chi connectivity index (χ3v) is 5.28. The molecule has 2 atom stereocenters. The minimum Gasteiger partial charge on any atom is -0.497 e. The minimum absolute atomic E-state index is 0.0779. The van der Waals surface area contributed by atoms with Gasteiger partial charge in [-0.3, -0.25) is 10.1 Å². The summed E-state index contributed by atoms with van der Waals surface area (Å²) < 4.78 is 10.4. The maximum absolute atomic E-state index is 12.0. The molecule has 2 aromatic rings. The van der Waals surface area contributed by atoms with Gasteiger partial charge in [-0.1, -0.05) is 24.3 Å². The van der Waals surface area contributed by atoms with E-state index in [1.165, 1.54) is 6.08 Å². The van der Waals surface area contributed by atoms with E-state index < -0.39 is 18.0 Å². The summed E-state index contributed by atoms with van der Waals surface area (Å²) >= 11 is 1.54. The Bertz CT molecular complexity index is 832. The number of rotatable bonds is 6. The van der Waals surface area contributed by atoms with Crippen molar-refractivity contribution in [2.24, 2.45) is 0 Å². The molecular weight excluding hydrogens is 366 g/mol. The maximum Gasteiger partial charge on any atom is 0.336 e. The summed E-state index contributed by atoms with van der Waals surface area (Å²) in [6, 6.07) is 13.8. The van der Waals surface area contributed by atoms with Gasteiger partial charge in [-0.2, -0.15) is 0 Å². The average Bonchev–Trinajstić information content (AvgIpc) is 3.18. The molecule has 0 radical (unpaired) electrons. The first-order valence-electron chi connectivity index (χ1n) is 8.29. The summed E-state index contributed by atoms with van der Waals surface area (Å²) in [4.78, 5) is 23.0. The van der Waals surface area contributed by atoms with Gasteiger partial charge in [-0.25, -0.2) is 4.79 Å². The summed E-state index contributed by atoms with van der Waals surface area (Å²) in [6.07, 6.45) is 3.03. The Morgan fingerprint density at radius 1 is 1.11 bits per heavy atom. The molecule has 1 aliphatic rings. The maximum atomic E-state index is 12.0. The predicted molar refractivity (Wildman–Crippen MR) is 104 cm³/mol. The van der Waals surface area contributed by atoms with Crippen LogP contribution in [0.25, 0.3) is 6.08 Å². The zero-order valence-corrected chi connectivity index (χ0v) is 15.4. The molecule has 1 aliphatic heterocycles. The topological polar surface area (TPSA) is 84.9 Å². The number of hydrogen-bond acceptors (Lipinski definition) is 6. The number of ether oxygens (including phenoxy) is 2. The van der Waals surface area contributed by atoms with Gasteiger partial charge < -0.3 is 14.6 Å². The lowest BCUT2D eigenvalue weighted by Crippen LogP contribution is -2.33. The molecule has 1 fully saturated rings. The number of thioether (sulfide) groups is 1. The van der Waals surface area contributed by atoms with E-state index in [0.717, 1.165) is 16.9 Å². The molecule has 0 bridgehead atoms. The van der Waals surface area contributed by atoms with Crippen LogP contribution < -0.4 is 14.8 Å². The fourth-order valence-corrected chi connectivity index (χ4v) is 3.78. The fraction of sp³-hybridized carbons (Fsp3) is 0.200. The smallest absolute Gasteiger partial charge is 0.336 e. The summed E-state index contributed by atoms with van der Waals surface area (Å²) in [7, 11) is 1.60. The number of methoxy groups -OCH3 is 1. The highest BCUT2D eigenvalue weighted by Crippen LogP contribution is 2.33. The molecule has 6 nitrogen and oxygen atoms in total. The first kappa shape index (κ1) is 19.0. The van der Waals surface area contributed by atoms with Crippen LogP contribution >= 0.6 is 11.8 Å². The highest BCUT2D eigenvalue weighted by Gasteiger charge is 2.30. The summed E-state index contributed by atoms with van der Waals surface area (Å²) in [5, 5.41) is 12.0. The van der Waals surface area contributed by atoms with Crippen molar-refractivity contribution in [3.05, 3.63) is 65.7 Å². The number of nitrogens with one attached hydrogen (secondary N) is 1. The Balaban J connectivity index is 1.55. The average molecular weight is 385 g/mol. The predicted octanol–water partition coefficient (Wildman–Crippen LogP) is 3.10. The van der Waals surface area contributed by atoms with E-state index in [1.807, 2.05) is 36.4 Å². The first-order chi connectivity index (χ1) is 13.0. The zero-order valence-electron chi connectivity index (χ0n) is 14.6. The monoisotopic (exact) mass is 385 g/mol. The van der Waals surface area contributed by atoms with Crippen LogP contribution in [-0.4, -0.2) is 35.9 Å². The van der Waals surface area contributed by atoms with Crippen LogP contribution in [0.1, 0.15) is 16.5 Å². The molecule has 0 amide bonds. The molecule has 2 aromatic carbocycles. The van der Waals surface area contributed by atoms with Gasteiger partial charge in [-0.15, -0.1) is 11.8 Å². The molecule has 0 spiro atoms. The Morgan fingerprint density at radius 3 is 2.37 bits per heavy atom. The highest BCUT2D eigenvalue weighted by molar-refractivity contribution is 7.99. The van der Waals surface area contributed by atoms with Gasteiger partial charge in [0.2, 0.25) is 0 Å². The molecule has 2 unspecified atom stereocenters. The standard InChI is InChI=1S/C20H19NO5S/c1-25-15-7-2-13(3-8-15)4-11-18(22)26-16-9-5-14(6-10-16)19-21-17(12-27-19)20(23)24/h2-11,17,19,21H,12H2,1H3,(H,23,24). The molecule has 1 saturated heterocycles. The van der Waals surface area contributed by atoms with E-state index in [0.29, 0.717) is 11.5 Å². The Hall–Kier alpha value is -2.77. The third kappa shape index (κ3) is 5.12. The number of benzene rings is 2. The lowest BCUT2D eigenvalue weighted by molar-refractivity contribution is -0.138. The van der Waals surface area contributed by atoms with Crippen LogP contribution in [-0.2, 0) is 9.59 Å². The number of carboxylic acid groups (broad SMARTS) is 1. The van der Waals surface area contributed by atoms with Crippen molar-refractivity contribution < 1.29 is 24.2 Å². The zero-order chi connectivity index (χ0) is 19.2. The van der Waals surface area contributed by atoms with Crippen molar-refractivity contribution in [2.45, 2.75) is 11.4 Å². The molecule has 0 aromatic heterocycles. The van der Waals surface area contributed by atoms with E-state index in [9.17, 15) is 9.59 Å². The summed E-state index contributed by atoms with van der Waals surface area (Å²) in [5.74, 6) is 0.379. The number of aliphatic carboxylic acids is 1. The van der Waals surface area contributed by atoms with Crippen molar-refractivity contribution >= 4 is 29.8 Å². The molecule has 0 aliphatic carbocycles. The summed E-state index contributed by atoms with van der Waals surface area (Å²) in [6.45, 7) is 0. The largest absolute Gasteiger partial charge is 0.497 e. The van der Waals surface area contributed by atoms with E-state index in [1.54, 1.807) is 37.1 Å². The van der Waals surface area contributed by atoms with E-state index in [-0.39, 0.29) is 5.37 Å². The van der Waals surface area contributed by atoms with Gasteiger partial charge in [0.15, 0.2) is 0 Å². The normalized spacial score (nSPS) is 19.1. The Labute approximate surface area is 161 Å². The van der Waals surface area contributed by atoms with Crippen LogP contribution in [0.5, 0.6) is 11.5 Å².